The molecule has 1 rings (SSSR count). The van der Waals surface area contributed by atoms with Crippen molar-refractivity contribution in [1.82, 2.24) is 4.90 Å². The van der Waals surface area contributed by atoms with E-state index in [1.807, 2.05) is 0 Å². The number of likely N-dealkylation sites (tertiary alicyclic amines) is 1. The van der Waals surface area contributed by atoms with Gasteiger partial charge in [-0.25, -0.2) is 0 Å². The lowest BCUT2D eigenvalue weighted by Crippen LogP contribution is -2.39. The Hall–Kier alpha value is -0.530. The molecule has 0 saturated carbocycles. The van der Waals surface area contributed by atoms with Crippen LogP contribution in [0.3, 0.4) is 0 Å². The average Bonchev–Trinajstić information content (AvgIpc) is 2.25. The SMILES string of the molecule is CC(C)CC(=O)N1[C@H](C)C[C@@H](C)[C@@H]1C. The second-order valence-electron chi connectivity index (χ2n) is 5.20. The molecule has 1 amide bonds. The Balaban J connectivity index is 2.62. The topological polar surface area (TPSA) is 20.3 Å². The van der Waals surface area contributed by atoms with Crippen LogP contribution in [0.25, 0.3) is 0 Å². The molecular weight excluding hydrogens is 174 g/mol. The molecule has 14 heavy (non-hydrogen) atoms. The van der Waals surface area contributed by atoms with E-state index in [0.29, 0.717) is 36.2 Å². The van der Waals surface area contributed by atoms with Crippen LogP contribution in [0.4, 0.5) is 0 Å². The fraction of sp³-hybridized carbons (Fsp3) is 0.917. The molecule has 0 aromatic heterocycles. The summed E-state index contributed by atoms with van der Waals surface area (Å²) in [6, 6.07) is 0.863. The van der Waals surface area contributed by atoms with Crippen molar-refractivity contribution in [3.63, 3.8) is 0 Å². The Morgan fingerprint density at radius 1 is 1.36 bits per heavy atom. The second kappa shape index (κ2) is 4.33. The van der Waals surface area contributed by atoms with Crippen molar-refractivity contribution in [1.29, 1.82) is 0 Å². The highest BCUT2D eigenvalue weighted by Crippen LogP contribution is 2.30. The molecule has 0 unspecified atom stereocenters. The van der Waals surface area contributed by atoms with Crippen LogP contribution in [0, 0.1) is 11.8 Å². The predicted molar refractivity (Wildman–Crippen MR) is 59.0 cm³/mol. The minimum absolute atomic E-state index is 0.337. The highest BCUT2D eigenvalue weighted by Gasteiger charge is 2.36. The molecule has 1 saturated heterocycles. The van der Waals surface area contributed by atoms with Gasteiger partial charge in [-0.3, -0.25) is 4.79 Å². The van der Waals surface area contributed by atoms with E-state index in [4.69, 9.17) is 0 Å². The van der Waals surface area contributed by atoms with Crippen molar-refractivity contribution in [2.45, 2.75) is 59.5 Å². The first-order chi connectivity index (χ1) is 6.43. The first-order valence-corrected chi connectivity index (χ1v) is 5.74. The minimum atomic E-state index is 0.337. The fourth-order valence-corrected chi connectivity index (χ4v) is 2.45. The monoisotopic (exact) mass is 197 g/mol. The molecule has 0 spiro atoms. The summed E-state index contributed by atoms with van der Waals surface area (Å²) in [5.74, 6) is 1.46. The second-order valence-corrected chi connectivity index (χ2v) is 5.20. The van der Waals surface area contributed by atoms with E-state index in [2.05, 4.69) is 39.5 Å². The first kappa shape index (κ1) is 11.5. The molecule has 1 fully saturated rings. The van der Waals surface area contributed by atoms with Gasteiger partial charge in [0.25, 0.3) is 0 Å². The molecule has 0 N–H and O–H groups in total. The van der Waals surface area contributed by atoms with Gasteiger partial charge >= 0.3 is 0 Å². The average molecular weight is 197 g/mol. The zero-order valence-corrected chi connectivity index (χ0v) is 10.1. The Labute approximate surface area is 87.7 Å². The van der Waals surface area contributed by atoms with Crippen molar-refractivity contribution in [2.24, 2.45) is 11.8 Å². The van der Waals surface area contributed by atoms with Gasteiger partial charge in [0.2, 0.25) is 5.91 Å². The molecule has 2 nitrogen and oxygen atoms in total. The van der Waals surface area contributed by atoms with Crippen molar-refractivity contribution >= 4 is 5.91 Å². The van der Waals surface area contributed by atoms with Crippen LogP contribution in [0.5, 0.6) is 0 Å². The summed E-state index contributed by atoms with van der Waals surface area (Å²) in [6.07, 6.45) is 1.85. The molecule has 1 aliphatic rings. The third-order valence-corrected chi connectivity index (χ3v) is 3.32. The predicted octanol–water partition coefficient (Wildman–Crippen LogP) is 2.68. The van der Waals surface area contributed by atoms with Gasteiger partial charge in [-0.1, -0.05) is 20.8 Å². The van der Waals surface area contributed by atoms with E-state index in [1.54, 1.807) is 0 Å². The molecule has 0 aromatic rings. The van der Waals surface area contributed by atoms with Crippen molar-refractivity contribution in [2.75, 3.05) is 0 Å². The van der Waals surface area contributed by atoms with Crippen molar-refractivity contribution in [3.05, 3.63) is 0 Å². The normalized spacial score (nSPS) is 32.7. The van der Waals surface area contributed by atoms with E-state index in [9.17, 15) is 4.79 Å². The number of hydrogen-bond acceptors (Lipinski definition) is 1. The lowest BCUT2D eigenvalue weighted by Gasteiger charge is -2.28. The molecule has 82 valence electrons. The molecule has 1 aliphatic heterocycles. The standard InChI is InChI=1S/C12H23NO/c1-8(2)6-12(14)13-10(4)7-9(3)11(13)5/h8-11H,6-7H2,1-5H3/t9-,10-,11+/m1/s1. The molecule has 2 heteroatoms. The number of amides is 1. The number of rotatable bonds is 2. The molecule has 0 bridgehead atoms. The van der Waals surface area contributed by atoms with Gasteiger partial charge in [0.15, 0.2) is 0 Å². The van der Waals surface area contributed by atoms with E-state index in [1.165, 1.54) is 0 Å². The zero-order valence-electron chi connectivity index (χ0n) is 10.1. The van der Waals surface area contributed by atoms with Crippen LogP contribution in [0.2, 0.25) is 0 Å². The smallest absolute Gasteiger partial charge is 0.223 e. The van der Waals surface area contributed by atoms with Crippen LogP contribution in [-0.4, -0.2) is 22.9 Å². The third-order valence-electron chi connectivity index (χ3n) is 3.32. The molecular formula is C12H23NO. The summed E-state index contributed by atoms with van der Waals surface area (Å²) in [7, 11) is 0. The van der Waals surface area contributed by atoms with Crippen molar-refractivity contribution < 1.29 is 4.79 Å². The number of nitrogens with zero attached hydrogens (tertiary/aromatic N) is 1. The fourth-order valence-electron chi connectivity index (χ4n) is 2.45. The Kier molecular flexibility index (Phi) is 3.57. The van der Waals surface area contributed by atoms with Gasteiger partial charge in [-0.05, 0) is 32.1 Å². The Morgan fingerprint density at radius 3 is 2.29 bits per heavy atom. The van der Waals surface area contributed by atoms with Gasteiger partial charge in [0.05, 0.1) is 0 Å². The summed E-state index contributed by atoms with van der Waals surface area (Å²) >= 11 is 0. The molecule has 0 aromatic carbocycles. The molecule has 3 atom stereocenters. The zero-order chi connectivity index (χ0) is 10.9. The lowest BCUT2D eigenvalue weighted by molar-refractivity contribution is -0.134. The van der Waals surface area contributed by atoms with Gasteiger partial charge in [-0.2, -0.15) is 0 Å². The largest absolute Gasteiger partial charge is 0.337 e. The van der Waals surface area contributed by atoms with Gasteiger partial charge < -0.3 is 4.90 Å². The maximum absolute atomic E-state index is 11.9. The van der Waals surface area contributed by atoms with Crippen LogP contribution < -0.4 is 0 Å². The van der Waals surface area contributed by atoms with E-state index < -0.39 is 0 Å². The minimum Gasteiger partial charge on any atom is -0.337 e. The summed E-state index contributed by atoms with van der Waals surface area (Å²) in [5, 5.41) is 0. The van der Waals surface area contributed by atoms with Crippen LogP contribution >= 0.6 is 0 Å². The maximum Gasteiger partial charge on any atom is 0.223 e. The van der Waals surface area contributed by atoms with Crippen LogP contribution in [-0.2, 0) is 4.79 Å². The molecule has 0 radical (unpaired) electrons. The van der Waals surface area contributed by atoms with Gasteiger partial charge in [0, 0.05) is 18.5 Å². The summed E-state index contributed by atoms with van der Waals surface area (Å²) in [6.45, 7) is 10.8. The summed E-state index contributed by atoms with van der Waals surface area (Å²) in [4.78, 5) is 14.0. The van der Waals surface area contributed by atoms with Gasteiger partial charge in [-0.15, -0.1) is 0 Å². The van der Waals surface area contributed by atoms with E-state index in [-0.39, 0.29) is 0 Å². The highest BCUT2D eigenvalue weighted by molar-refractivity contribution is 5.77. The summed E-state index contributed by atoms with van der Waals surface area (Å²) in [5.41, 5.74) is 0. The molecule has 1 heterocycles. The highest BCUT2D eigenvalue weighted by atomic mass is 16.2. The third kappa shape index (κ3) is 2.28. The van der Waals surface area contributed by atoms with Crippen LogP contribution in [0.15, 0.2) is 0 Å². The summed E-state index contributed by atoms with van der Waals surface area (Å²) < 4.78 is 0. The quantitative estimate of drug-likeness (QED) is 0.666. The van der Waals surface area contributed by atoms with Gasteiger partial charge in [0.1, 0.15) is 0 Å². The maximum atomic E-state index is 11.9. The van der Waals surface area contributed by atoms with Crippen molar-refractivity contribution in [3.8, 4) is 0 Å². The number of carbonyl (C=O) groups is 1. The Bertz CT molecular complexity index is 212. The van der Waals surface area contributed by atoms with E-state index >= 15 is 0 Å². The number of carbonyl (C=O) groups excluding carboxylic acids is 1. The Morgan fingerprint density at radius 2 is 1.93 bits per heavy atom. The number of hydrogen-bond donors (Lipinski definition) is 0. The lowest BCUT2D eigenvalue weighted by atomic mass is 10.0. The van der Waals surface area contributed by atoms with E-state index in [0.717, 1.165) is 6.42 Å². The first-order valence-electron chi connectivity index (χ1n) is 5.74. The van der Waals surface area contributed by atoms with Crippen LogP contribution in [0.1, 0.15) is 47.5 Å². The molecule has 0 aliphatic carbocycles.